The Bertz CT molecular complexity index is 890. The summed E-state index contributed by atoms with van der Waals surface area (Å²) in [6.45, 7) is 0.202. The van der Waals surface area contributed by atoms with Crippen molar-refractivity contribution in [2.45, 2.75) is 45.8 Å². The Kier molecular flexibility index (Phi) is 10.3. The van der Waals surface area contributed by atoms with Gasteiger partial charge in [0.2, 0.25) is 0 Å². The van der Waals surface area contributed by atoms with Gasteiger partial charge in [0.15, 0.2) is 6.29 Å². The lowest BCUT2D eigenvalue weighted by molar-refractivity contribution is -0.143. The van der Waals surface area contributed by atoms with Crippen molar-refractivity contribution in [3.63, 3.8) is 0 Å². The highest BCUT2D eigenvalue weighted by Crippen LogP contribution is 2.54. The van der Waals surface area contributed by atoms with E-state index in [0.29, 0.717) is 49.4 Å². The van der Waals surface area contributed by atoms with Crippen molar-refractivity contribution in [1.29, 1.82) is 0 Å². The first-order valence-electron chi connectivity index (χ1n) is 10.1. The lowest BCUT2D eigenvalue weighted by Crippen LogP contribution is -2.12. The van der Waals surface area contributed by atoms with Gasteiger partial charge in [0, 0.05) is 30.7 Å². The second-order valence-corrected chi connectivity index (χ2v) is 9.05. The molecule has 170 valence electrons. The fraction of sp³-hybridized carbons (Fsp3) is 0.409. The largest absolute Gasteiger partial charge is 0.530 e. The van der Waals surface area contributed by atoms with Crippen LogP contribution in [0.4, 0.5) is 0 Å². The van der Waals surface area contributed by atoms with Crippen LogP contribution in [0.25, 0.3) is 0 Å². The van der Waals surface area contributed by atoms with Gasteiger partial charge in [-0.05, 0) is 49.9 Å². The highest BCUT2D eigenvalue weighted by atomic mass is 35.7. The van der Waals surface area contributed by atoms with E-state index < -0.39 is 13.2 Å². The average molecular weight is 471 g/mol. The number of hydrogen-bond acceptors (Lipinski definition) is 7. The van der Waals surface area contributed by atoms with E-state index in [-0.39, 0.29) is 18.1 Å². The zero-order valence-corrected chi connectivity index (χ0v) is 19.3. The third-order valence-corrected chi connectivity index (χ3v) is 5.53. The number of hydrogen-bond donors (Lipinski definition) is 1. The van der Waals surface area contributed by atoms with Crippen molar-refractivity contribution in [2.75, 3.05) is 13.2 Å². The number of halogens is 1. The molecule has 0 radical (unpaired) electrons. The molecule has 0 aliphatic heterocycles. The average Bonchev–Trinajstić information content (AvgIpc) is 2.72. The minimum Gasteiger partial charge on any atom is -0.466 e. The van der Waals surface area contributed by atoms with Crippen LogP contribution in [0.3, 0.4) is 0 Å². The number of carbonyl (C=O) groups excluding carboxylic acids is 1. The van der Waals surface area contributed by atoms with Crippen LogP contribution in [0, 0.1) is 0 Å². The number of para-hydroxylation sites is 2. The zero-order valence-electron chi connectivity index (χ0n) is 17.7. The molecule has 2 aromatic carbocycles. The molecule has 2 unspecified atom stereocenters. The molecule has 2 atom stereocenters. The minimum absolute atomic E-state index is 0.159. The van der Waals surface area contributed by atoms with Gasteiger partial charge in [-0.1, -0.05) is 36.4 Å². The first kappa shape index (κ1) is 25.2. The highest BCUT2D eigenvalue weighted by Gasteiger charge is 2.27. The SMILES string of the molecule is CCOC(=O)CCc1ccccc1OP(=O)(Cl)Oc1ccccc1CCC(O)OCC. The van der Waals surface area contributed by atoms with Crippen molar-refractivity contribution < 1.29 is 33.0 Å². The summed E-state index contributed by atoms with van der Waals surface area (Å²) >= 11 is 6.12. The molecular formula is C22H28ClO7P. The van der Waals surface area contributed by atoms with Crippen LogP contribution in [-0.4, -0.2) is 30.6 Å². The number of esters is 1. The zero-order chi connectivity index (χ0) is 22.7. The first-order chi connectivity index (χ1) is 14.8. The second kappa shape index (κ2) is 12.7. The van der Waals surface area contributed by atoms with Crippen molar-refractivity contribution in [3.05, 3.63) is 59.7 Å². The number of rotatable bonds is 13. The number of carbonyl (C=O) groups is 1. The van der Waals surface area contributed by atoms with Crippen molar-refractivity contribution in [3.8, 4) is 11.5 Å². The monoisotopic (exact) mass is 470 g/mol. The quantitative estimate of drug-likeness (QED) is 0.242. The van der Waals surface area contributed by atoms with Gasteiger partial charge in [-0.25, -0.2) is 4.57 Å². The molecule has 0 saturated heterocycles. The Morgan fingerprint density at radius 3 is 2.06 bits per heavy atom. The Labute approximate surface area is 187 Å². The van der Waals surface area contributed by atoms with E-state index in [1.165, 1.54) is 0 Å². The Morgan fingerprint density at radius 1 is 0.968 bits per heavy atom. The topological polar surface area (TPSA) is 91.3 Å². The van der Waals surface area contributed by atoms with Gasteiger partial charge >= 0.3 is 12.9 Å². The van der Waals surface area contributed by atoms with Crippen LogP contribution in [0.1, 0.15) is 37.8 Å². The molecule has 0 aromatic heterocycles. The standard InChI is InChI=1S/C22H28ClO7P/c1-3-27-21(24)15-13-17-9-5-7-11-19(17)29-31(23,26)30-20-12-8-6-10-18(20)14-16-22(25)28-4-2/h5-12,21,24H,3-4,13-16H2,1-2H3. The Hall–Kier alpha value is -2.05. The molecule has 0 bridgehead atoms. The predicted octanol–water partition coefficient (Wildman–Crippen LogP) is 5.27. The molecule has 31 heavy (non-hydrogen) atoms. The minimum atomic E-state index is -4.05. The van der Waals surface area contributed by atoms with E-state index in [2.05, 4.69) is 0 Å². The summed E-state index contributed by atoms with van der Waals surface area (Å²) in [5, 5.41) is 9.78. The third-order valence-electron chi connectivity index (χ3n) is 4.28. The second-order valence-electron chi connectivity index (χ2n) is 6.58. The van der Waals surface area contributed by atoms with E-state index in [4.69, 9.17) is 29.8 Å². The molecule has 0 saturated carbocycles. The van der Waals surface area contributed by atoms with Gasteiger partial charge in [-0.15, -0.1) is 0 Å². The highest BCUT2D eigenvalue weighted by molar-refractivity contribution is 7.82. The molecule has 1 N–H and O–H groups in total. The van der Waals surface area contributed by atoms with Gasteiger partial charge in [-0.2, -0.15) is 0 Å². The van der Waals surface area contributed by atoms with E-state index in [1.54, 1.807) is 62.4 Å². The van der Waals surface area contributed by atoms with Gasteiger partial charge < -0.3 is 23.6 Å². The summed E-state index contributed by atoms with van der Waals surface area (Å²) in [4.78, 5) is 11.6. The normalized spacial score (nSPS) is 13.8. The maximum absolute atomic E-state index is 12.9. The van der Waals surface area contributed by atoms with Gasteiger partial charge in [-0.3, -0.25) is 4.79 Å². The van der Waals surface area contributed by atoms with Gasteiger partial charge in [0.25, 0.3) is 0 Å². The molecule has 0 aliphatic carbocycles. The summed E-state index contributed by atoms with van der Waals surface area (Å²) in [5.41, 5.74) is 1.37. The summed E-state index contributed by atoms with van der Waals surface area (Å²) < 4.78 is 34.0. The summed E-state index contributed by atoms with van der Waals surface area (Å²) in [7, 11) is 0. The molecular weight excluding hydrogens is 443 g/mol. The van der Waals surface area contributed by atoms with E-state index >= 15 is 0 Å². The number of aliphatic hydroxyl groups is 1. The van der Waals surface area contributed by atoms with Crippen LogP contribution < -0.4 is 9.05 Å². The van der Waals surface area contributed by atoms with Crippen LogP contribution in [0.5, 0.6) is 11.5 Å². The van der Waals surface area contributed by atoms with Crippen molar-refractivity contribution >= 4 is 24.2 Å². The number of benzene rings is 2. The van der Waals surface area contributed by atoms with E-state index in [9.17, 15) is 14.5 Å². The Morgan fingerprint density at radius 2 is 1.52 bits per heavy atom. The fourth-order valence-electron chi connectivity index (χ4n) is 2.88. The summed E-state index contributed by atoms with van der Waals surface area (Å²) in [6.07, 6.45) is 0.385. The first-order valence-corrected chi connectivity index (χ1v) is 12.6. The predicted molar refractivity (Wildman–Crippen MR) is 119 cm³/mol. The molecule has 2 rings (SSSR count). The van der Waals surface area contributed by atoms with Gasteiger partial charge in [0.1, 0.15) is 11.5 Å². The lowest BCUT2D eigenvalue weighted by atomic mass is 10.1. The Balaban J connectivity index is 2.08. The number of aliphatic hydroxyl groups excluding tert-OH is 1. The molecule has 0 amide bonds. The lowest BCUT2D eigenvalue weighted by Gasteiger charge is -2.18. The maximum atomic E-state index is 12.9. The van der Waals surface area contributed by atoms with Crippen LogP contribution >= 0.6 is 18.2 Å². The maximum Gasteiger partial charge on any atom is 0.530 e. The summed E-state index contributed by atoms with van der Waals surface area (Å²) in [5.74, 6) is 0.244. The van der Waals surface area contributed by atoms with Crippen molar-refractivity contribution in [1.82, 2.24) is 0 Å². The molecule has 0 spiro atoms. The third kappa shape index (κ3) is 8.91. The molecule has 0 heterocycles. The van der Waals surface area contributed by atoms with E-state index in [1.807, 2.05) is 0 Å². The van der Waals surface area contributed by atoms with Crippen molar-refractivity contribution in [2.24, 2.45) is 0 Å². The van der Waals surface area contributed by atoms with Crippen LogP contribution in [0.2, 0.25) is 0 Å². The number of aryl methyl sites for hydroxylation is 2. The fourth-order valence-corrected chi connectivity index (χ4v) is 4.19. The smallest absolute Gasteiger partial charge is 0.466 e. The number of ether oxygens (including phenoxy) is 2. The van der Waals surface area contributed by atoms with E-state index in [0.717, 1.165) is 0 Å². The molecule has 7 nitrogen and oxygen atoms in total. The molecule has 0 fully saturated rings. The van der Waals surface area contributed by atoms with Gasteiger partial charge in [0.05, 0.1) is 6.61 Å². The molecule has 2 aromatic rings. The van der Waals surface area contributed by atoms with Crippen LogP contribution in [0.15, 0.2) is 48.5 Å². The molecule has 0 aliphatic rings. The molecule has 9 heteroatoms. The van der Waals surface area contributed by atoms with Crippen LogP contribution in [-0.2, 0) is 31.7 Å². The summed E-state index contributed by atoms with van der Waals surface area (Å²) in [6, 6.07) is 13.8.